The summed E-state index contributed by atoms with van der Waals surface area (Å²) in [5, 5.41) is 39.8. The van der Waals surface area contributed by atoms with Gasteiger partial charge in [-0.05, 0) is 11.6 Å². The van der Waals surface area contributed by atoms with Crippen LogP contribution in [0.4, 0.5) is 0 Å². The molecule has 1 aromatic heterocycles. The SMILES string of the molecule is C=CC1C(OC2OC(CO)C(O)C(O)C2O)OC=C(C(=O)OC)C1C=Cc1cncc(C(=O)OC)c1. The third-order valence-electron chi connectivity index (χ3n) is 5.90. The Morgan fingerprint density at radius 2 is 1.81 bits per heavy atom. The van der Waals surface area contributed by atoms with E-state index in [9.17, 15) is 30.0 Å². The van der Waals surface area contributed by atoms with E-state index in [-0.39, 0.29) is 11.1 Å². The molecular weight excluding hydrogens is 478 g/mol. The van der Waals surface area contributed by atoms with Crippen molar-refractivity contribution in [1.29, 1.82) is 0 Å². The molecule has 36 heavy (non-hydrogen) atoms. The minimum atomic E-state index is -1.65. The highest BCUT2D eigenvalue weighted by molar-refractivity contribution is 5.90. The topological polar surface area (TPSA) is 174 Å². The molecule has 12 nitrogen and oxygen atoms in total. The van der Waals surface area contributed by atoms with E-state index >= 15 is 0 Å². The summed E-state index contributed by atoms with van der Waals surface area (Å²) in [7, 11) is 2.47. The Kier molecular flexibility index (Phi) is 9.31. The Balaban J connectivity index is 1.88. The van der Waals surface area contributed by atoms with Gasteiger partial charge in [0.15, 0.2) is 6.29 Å². The number of carbonyl (C=O) groups excluding carboxylic acids is 2. The fourth-order valence-electron chi connectivity index (χ4n) is 3.91. The fraction of sp³-hybridized carbons (Fsp3) is 0.458. The predicted molar refractivity (Wildman–Crippen MR) is 122 cm³/mol. The number of rotatable bonds is 8. The van der Waals surface area contributed by atoms with Gasteiger partial charge in [0.25, 0.3) is 0 Å². The van der Waals surface area contributed by atoms with Gasteiger partial charge in [-0.2, -0.15) is 0 Å². The van der Waals surface area contributed by atoms with Gasteiger partial charge in [-0.25, -0.2) is 9.59 Å². The van der Waals surface area contributed by atoms with Gasteiger partial charge in [0, 0.05) is 18.3 Å². The number of ether oxygens (including phenoxy) is 5. The van der Waals surface area contributed by atoms with Gasteiger partial charge in [0.2, 0.25) is 6.29 Å². The number of allylic oxidation sites excluding steroid dienone is 1. The van der Waals surface area contributed by atoms with Crippen molar-refractivity contribution in [2.24, 2.45) is 11.8 Å². The number of nitrogens with zero attached hydrogens (tertiary/aromatic N) is 1. The van der Waals surface area contributed by atoms with E-state index in [0.29, 0.717) is 5.56 Å². The number of methoxy groups -OCH3 is 2. The van der Waals surface area contributed by atoms with Crippen molar-refractivity contribution >= 4 is 18.0 Å². The van der Waals surface area contributed by atoms with Gasteiger partial charge < -0.3 is 44.1 Å². The summed E-state index contributed by atoms with van der Waals surface area (Å²) in [5.74, 6) is -2.63. The second-order valence-corrected chi connectivity index (χ2v) is 8.10. The predicted octanol–water partition coefficient (Wildman–Crippen LogP) is -0.470. The zero-order chi connectivity index (χ0) is 26.4. The van der Waals surface area contributed by atoms with Crippen LogP contribution in [0.5, 0.6) is 0 Å². The molecule has 1 aromatic rings. The lowest BCUT2D eigenvalue weighted by molar-refractivity contribution is -0.338. The summed E-state index contributed by atoms with van der Waals surface area (Å²) in [6.07, 6.45) is 0.145. The van der Waals surface area contributed by atoms with Crippen molar-refractivity contribution in [3.8, 4) is 0 Å². The maximum Gasteiger partial charge on any atom is 0.339 e. The van der Waals surface area contributed by atoms with E-state index < -0.39 is 67.4 Å². The normalized spacial score (nSPS) is 32.3. The molecular formula is C24H29NO11. The number of aromatic nitrogens is 1. The third kappa shape index (κ3) is 5.81. The average molecular weight is 507 g/mol. The number of hydrogen-bond acceptors (Lipinski definition) is 12. The molecule has 0 radical (unpaired) electrons. The molecule has 1 saturated heterocycles. The lowest BCUT2D eigenvalue weighted by Crippen LogP contribution is -2.60. The highest BCUT2D eigenvalue weighted by Crippen LogP contribution is 2.36. The van der Waals surface area contributed by atoms with Crippen molar-refractivity contribution < 1.29 is 53.7 Å². The minimum absolute atomic E-state index is 0.143. The molecule has 0 aromatic carbocycles. The number of pyridine rings is 1. The molecule has 0 spiro atoms. The van der Waals surface area contributed by atoms with Crippen LogP contribution in [0.2, 0.25) is 0 Å². The van der Waals surface area contributed by atoms with Crippen LogP contribution in [-0.2, 0) is 28.5 Å². The Hall–Kier alpha value is -3.13. The number of aliphatic hydroxyl groups is 4. The molecule has 2 aliphatic rings. The van der Waals surface area contributed by atoms with E-state index in [1.165, 1.54) is 32.7 Å². The van der Waals surface area contributed by atoms with Gasteiger partial charge >= 0.3 is 11.9 Å². The molecule has 3 rings (SSSR count). The highest BCUT2D eigenvalue weighted by Gasteiger charge is 2.47. The van der Waals surface area contributed by atoms with Crippen LogP contribution in [-0.4, -0.2) is 95.2 Å². The number of hydrogen-bond donors (Lipinski definition) is 4. The lowest BCUT2D eigenvalue weighted by Gasteiger charge is -2.42. The summed E-state index contributed by atoms with van der Waals surface area (Å²) in [4.78, 5) is 28.3. The molecule has 8 unspecified atom stereocenters. The second-order valence-electron chi connectivity index (χ2n) is 8.10. The summed E-state index contributed by atoms with van der Waals surface area (Å²) in [6.45, 7) is 3.17. The van der Waals surface area contributed by atoms with Gasteiger partial charge in [0.05, 0.1) is 44.1 Å². The van der Waals surface area contributed by atoms with E-state index in [1.807, 2.05) is 0 Å². The minimum Gasteiger partial charge on any atom is -0.471 e. The molecule has 0 aliphatic carbocycles. The molecule has 0 saturated carbocycles. The van der Waals surface area contributed by atoms with Gasteiger partial charge in [0.1, 0.15) is 24.4 Å². The third-order valence-corrected chi connectivity index (χ3v) is 5.90. The standard InChI is InChI=1S/C24H29NO11/c1-4-14-15(6-5-12-7-13(9-25-8-12)21(30)32-2)16(22(31)33-3)11-34-23(14)36-24-20(29)19(28)18(27)17(10-26)35-24/h4-9,11,14-15,17-20,23-24,26-29H,1,10H2,2-3H3. The highest BCUT2D eigenvalue weighted by atomic mass is 16.8. The van der Waals surface area contributed by atoms with Crippen LogP contribution in [0, 0.1) is 11.8 Å². The van der Waals surface area contributed by atoms with Crippen molar-refractivity contribution in [3.05, 3.63) is 60.2 Å². The monoisotopic (exact) mass is 507 g/mol. The number of aliphatic hydroxyl groups excluding tert-OH is 4. The summed E-state index contributed by atoms with van der Waals surface area (Å²) < 4.78 is 26.3. The van der Waals surface area contributed by atoms with Crippen LogP contribution < -0.4 is 0 Å². The first-order valence-electron chi connectivity index (χ1n) is 11.0. The van der Waals surface area contributed by atoms with Crippen molar-refractivity contribution in [2.45, 2.75) is 37.0 Å². The fourth-order valence-corrected chi connectivity index (χ4v) is 3.91. The molecule has 0 bridgehead atoms. The van der Waals surface area contributed by atoms with Crippen molar-refractivity contribution in [2.75, 3.05) is 20.8 Å². The molecule has 3 heterocycles. The number of carbonyl (C=O) groups is 2. The van der Waals surface area contributed by atoms with Crippen LogP contribution in [0.25, 0.3) is 6.08 Å². The van der Waals surface area contributed by atoms with E-state index in [4.69, 9.17) is 23.7 Å². The molecule has 12 heteroatoms. The van der Waals surface area contributed by atoms with Crippen LogP contribution in [0.1, 0.15) is 15.9 Å². The first kappa shape index (κ1) is 27.5. The van der Waals surface area contributed by atoms with E-state index in [1.54, 1.807) is 18.2 Å². The zero-order valence-electron chi connectivity index (χ0n) is 19.7. The number of esters is 2. The maximum atomic E-state index is 12.4. The van der Waals surface area contributed by atoms with Gasteiger partial charge in [-0.1, -0.05) is 18.2 Å². The molecule has 2 aliphatic heterocycles. The second kappa shape index (κ2) is 12.2. The average Bonchev–Trinajstić information content (AvgIpc) is 2.91. The van der Waals surface area contributed by atoms with Crippen LogP contribution >= 0.6 is 0 Å². The Bertz CT molecular complexity index is 1010. The first-order chi connectivity index (χ1) is 17.2. The van der Waals surface area contributed by atoms with Crippen molar-refractivity contribution in [3.63, 3.8) is 0 Å². The first-order valence-corrected chi connectivity index (χ1v) is 11.0. The molecule has 0 amide bonds. The lowest BCUT2D eigenvalue weighted by atomic mass is 9.83. The van der Waals surface area contributed by atoms with Crippen LogP contribution in [0.3, 0.4) is 0 Å². The van der Waals surface area contributed by atoms with Crippen molar-refractivity contribution in [1.82, 2.24) is 4.98 Å². The molecule has 196 valence electrons. The van der Waals surface area contributed by atoms with E-state index in [2.05, 4.69) is 11.6 Å². The summed E-state index contributed by atoms with van der Waals surface area (Å²) >= 11 is 0. The van der Waals surface area contributed by atoms with Crippen LogP contribution in [0.15, 0.2) is 49.0 Å². The van der Waals surface area contributed by atoms with Gasteiger partial charge in [-0.15, -0.1) is 6.58 Å². The summed E-state index contributed by atoms with van der Waals surface area (Å²) in [6, 6.07) is 1.56. The maximum absolute atomic E-state index is 12.4. The molecule has 4 N–H and O–H groups in total. The summed E-state index contributed by atoms with van der Waals surface area (Å²) in [5.41, 5.74) is 0.923. The Labute approximate surface area is 207 Å². The zero-order valence-corrected chi connectivity index (χ0v) is 19.7. The molecule has 8 atom stereocenters. The Morgan fingerprint density at radius 3 is 2.44 bits per heavy atom. The quantitative estimate of drug-likeness (QED) is 0.263. The smallest absolute Gasteiger partial charge is 0.339 e. The Morgan fingerprint density at radius 1 is 1.08 bits per heavy atom. The largest absolute Gasteiger partial charge is 0.471 e. The van der Waals surface area contributed by atoms with Gasteiger partial charge in [-0.3, -0.25) is 4.98 Å². The molecule has 1 fully saturated rings. The van der Waals surface area contributed by atoms with E-state index in [0.717, 1.165) is 6.26 Å².